The van der Waals surface area contributed by atoms with Gasteiger partial charge in [-0.1, -0.05) is 68.9 Å². The summed E-state index contributed by atoms with van der Waals surface area (Å²) in [4.78, 5) is 0. The molecule has 0 aliphatic carbocycles. The molecular weight excluding hydrogens is 442 g/mol. The molecule has 0 aliphatic rings. The molecule has 0 saturated heterocycles. The zero-order chi connectivity index (χ0) is 26.4. The molecule has 5 N–H and O–H groups in total. The number of nitrogens with zero attached hydrogens (tertiary/aromatic N) is 1. The Hall–Kier alpha value is -1.70. The van der Waals surface area contributed by atoms with Crippen LogP contribution < -0.4 is 0 Å². The lowest BCUT2D eigenvalue weighted by Crippen LogP contribution is -2.13. The van der Waals surface area contributed by atoms with E-state index in [0.717, 1.165) is 24.8 Å². The Balaban J connectivity index is 3.16. The Morgan fingerprint density at radius 3 is 2.20 bits per heavy atom. The summed E-state index contributed by atoms with van der Waals surface area (Å²) in [6.45, 7) is 10.2. The quantitative estimate of drug-likeness (QED) is 0.108. The minimum Gasteiger partial charge on any atom is -0.394 e. The monoisotopic (exact) mass is 491 g/mol. The summed E-state index contributed by atoms with van der Waals surface area (Å²) in [7, 11) is 0. The van der Waals surface area contributed by atoms with Gasteiger partial charge in [-0.15, -0.1) is 0 Å². The molecule has 1 aromatic heterocycles. The van der Waals surface area contributed by atoms with Crippen molar-refractivity contribution in [3.63, 3.8) is 0 Å². The lowest BCUT2D eigenvalue weighted by Gasteiger charge is -2.17. The van der Waals surface area contributed by atoms with Crippen LogP contribution in [0.4, 0.5) is 0 Å². The van der Waals surface area contributed by atoms with E-state index in [1.165, 1.54) is 37.7 Å². The summed E-state index contributed by atoms with van der Waals surface area (Å²) in [5, 5.41) is 50.4. The highest BCUT2D eigenvalue weighted by atomic mass is 16.5. The van der Waals surface area contributed by atoms with E-state index in [9.17, 15) is 25.5 Å². The van der Waals surface area contributed by atoms with Gasteiger partial charge in [0.05, 0.1) is 12.6 Å². The van der Waals surface area contributed by atoms with Crippen LogP contribution >= 0.6 is 0 Å². The van der Waals surface area contributed by atoms with Crippen LogP contribution in [0.5, 0.6) is 0 Å². The molecule has 2 unspecified atom stereocenters. The predicted octanol–water partition coefficient (Wildman–Crippen LogP) is 5.78. The van der Waals surface area contributed by atoms with Crippen LogP contribution in [0.2, 0.25) is 0 Å². The van der Waals surface area contributed by atoms with E-state index in [1.54, 1.807) is 17.0 Å². The second-order valence-corrected chi connectivity index (χ2v) is 9.74. The Bertz CT molecular complexity index is 819. The van der Waals surface area contributed by atoms with Crippen LogP contribution in [0.1, 0.15) is 116 Å². The Labute approximate surface area is 212 Å². The van der Waals surface area contributed by atoms with Crippen molar-refractivity contribution in [2.24, 2.45) is 5.92 Å². The lowest BCUT2D eigenvalue weighted by atomic mass is 9.93. The number of allylic oxidation sites excluding steroid dienone is 5. The average Bonchev–Trinajstić information content (AvgIpc) is 3.27. The third-order valence-corrected chi connectivity index (χ3v) is 6.81. The van der Waals surface area contributed by atoms with Crippen LogP contribution in [-0.4, -0.2) is 43.0 Å². The van der Waals surface area contributed by atoms with Crippen LogP contribution in [0, 0.1) is 5.92 Å². The highest BCUT2D eigenvalue weighted by molar-refractivity contribution is 5.70. The number of aliphatic hydroxyl groups excluding tert-OH is 3. The van der Waals surface area contributed by atoms with E-state index >= 15 is 0 Å². The van der Waals surface area contributed by atoms with Crippen LogP contribution in [0.3, 0.4) is 0 Å². The molecule has 0 saturated carbocycles. The van der Waals surface area contributed by atoms with Crippen LogP contribution in [-0.2, 0) is 0 Å². The third kappa shape index (κ3) is 10.8. The highest BCUT2D eigenvalue weighted by Gasteiger charge is 2.23. The van der Waals surface area contributed by atoms with E-state index in [0.29, 0.717) is 12.0 Å². The fourth-order valence-electron chi connectivity index (χ4n) is 4.29. The Kier molecular flexibility index (Phi) is 15.1. The maximum absolute atomic E-state index is 10.2. The van der Waals surface area contributed by atoms with Crippen molar-refractivity contribution in [2.45, 2.75) is 111 Å². The molecule has 1 rings (SSSR count). The first-order chi connectivity index (χ1) is 16.7. The Morgan fingerprint density at radius 2 is 1.66 bits per heavy atom. The summed E-state index contributed by atoms with van der Waals surface area (Å²) >= 11 is 0. The standard InChI is InChI=1S/C29H49NO5/c1-6-9-10-11-12-13-22(5)14-15-23(8-3)17-25(28(32)33)26-18-30(19-27(26)29(34)35)24(20-31)16-21(4)7-2/h7,14,17-19,23-24,28-29,31-35H,6,8-13,15-16,20H2,1-5H3. The van der Waals surface area contributed by atoms with E-state index in [4.69, 9.17) is 0 Å². The zero-order valence-corrected chi connectivity index (χ0v) is 22.5. The smallest absolute Gasteiger partial charge is 0.180 e. The maximum Gasteiger partial charge on any atom is 0.180 e. The number of rotatable bonds is 17. The Morgan fingerprint density at radius 1 is 0.971 bits per heavy atom. The fourth-order valence-corrected chi connectivity index (χ4v) is 4.29. The molecular formula is C29H49NO5. The summed E-state index contributed by atoms with van der Waals surface area (Å²) in [5.74, 6) is 0.0767. The molecule has 0 aliphatic heterocycles. The summed E-state index contributed by atoms with van der Waals surface area (Å²) < 4.78 is 1.73. The first-order valence-electron chi connectivity index (χ1n) is 13.2. The van der Waals surface area contributed by atoms with Crippen molar-refractivity contribution in [1.82, 2.24) is 4.57 Å². The minimum atomic E-state index is -1.77. The predicted molar refractivity (Wildman–Crippen MR) is 144 cm³/mol. The molecule has 2 atom stereocenters. The van der Waals surface area contributed by atoms with Gasteiger partial charge in [0, 0.05) is 29.1 Å². The van der Waals surface area contributed by atoms with Crippen molar-refractivity contribution in [3.05, 3.63) is 52.9 Å². The normalized spacial score (nSPS) is 15.4. The molecule has 1 aromatic rings. The molecule has 1 heterocycles. The van der Waals surface area contributed by atoms with Crippen molar-refractivity contribution < 1.29 is 25.5 Å². The number of aliphatic hydroxyl groups is 5. The molecule has 0 radical (unpaired) electrons. The zero-order valence-electron chi connectivity index (χ0n) is 22.5. The first kappa shape index (κ1) is 31.3. The van der Waals surface area contributed by atoms with Gasteiger partial charge in [0.2, 0.25) is 0 Å². The topological polar surface area (TPSA) is 106 Å². The van der Waals surface area contributed by atoms with Gasteiger partial charge < -0.3 is 30.1 Å². The van der Waals surface area contributed by atoms with Gasteiger partial charge in [0.25, 0.3) is 0 Å². The number of aromatic nitrogens is 1. The first-order valence-corrected chi connectivity index (χ1v) is 13.2. The lowest BCUT2D eigenvalue weighted by molar-refractivity contribution is -0.0430. The van der Waals surface area contributed by atoms with Crippen LogP contribution in [0.25, 0.3) is 5.57 Å². The minimum absolute atomic E-state index is 0.0767. The van der Waals surface area contributed by atoms with Gasteiger partial charge in [0.1, 0.15) is 0 Å². The molecule has 200 valence electrons. The molecule has 0 amide bonds. The van der Waals surface area contributed by atoms with E-state index < -0.39 is 12.6 Å². The summed E-state index contributed by atoms with van der Waals surface area (Å²) in [6, 6.07) is -0.292. The number of hydrogen-bond donors (Lipinski definition) is 5. The number of hydrogen-bond acceptors (Lipinski definition) is 5. The second-order valence-electron chi connectivity index (χ2n) is 9.74. The van der Waals surface area contributed by atoms with Crippen LogP contribution in [0.15, 0.2) is 41.8 Å². The van der Waals surface area contributed by atoms with E-state index in [1.807, 2.05) is 26.0 Å². The fraction of sp³-hybridized carbons (Fsp3) is 0.655. The molecule has 35 heavy (non-hydrogen) atoms. The van der Waals surface area contributed by atoms with Gasteiger partial charge >= 0.3 is 0 Å². The van der Waals surface area contributed by atoms with Crippen molar-refractivity contribution in [1.29, 1.82) is 0 Å². The van der Waals surface area contributed by atoms with E-state index in [-0.39, 0.29) is 29.7 Å². The molecule has 6 nitrogen and oxygen atoms in total. The molecule has 0 spiro atoms. The highest BCUT2D eigenvalue weighted by Crippen LogP contribution is 2.32. The van der Waals surface area contributed by atoms with Gasteiger partial charge in [-0.25, -0.2) is 0 Å². The molecule has 0 fully saturated rings. The summed E-state index contributed by atoms with van der Waals surface area (Å²) in [5.41, 5.74) is 3.27. The van der Waals surface area contributed by atoms with Gasteiger partial charge in [0.15, 0.2) is 12.6 Å². The van der Waals surface area contributed by atoms with Crippen molar-refractivity contribution in [2.75, 3.05) is 6.61 Å². The SMILES string of the molecule is CC=C(C)CC(CO)n1cc(C(=CC(CC)CC=C(C)CCCCCCC)C(O)O)c(C(O)O)c1. The molecule has 0 aromatic carbocycles. The van der Waals surface area contributed by atoms with Crippen molar-refractivity contribution >= 4 is 5.57 Å². The van der Waals surface area contributed by atoms with Gasteiger partial charge in [-0.05, 0) is 58.8 Å². The molecule has 0 bridgehead atoms. The largest absolute Gasteiger partial charge is 0.394 e. The third-order valence-electron chi connectivity index (χ3n) is 6.81. The van der Waals surface area contributed by atoms with Gasteiger partial charge in [-0.2, -0.15) is 0 Å². The van der Waals surface area contributed by atoms with Crippen molar-refractivity contribution in [3.8, 4) is 0 Å². The summed E-state index contributed by atoms with van der Waals surface area (Å²) in [6.07, 6.45) is 15.3. The van der Waals surface area contributed by atoms with E-state index in [2.05, 4.69) is 26.8 Å². The van der Waals surface area contributed by atoms with Gasteiger partial charge in [-0.3, -0.25) is 0 Å². The maximum atomic E-state index is 10.2. The second kappa shape index (κ2) is 16.9. The molecule has 6 heteroatoms. The number of unbranched alkanes of at least 4 members (excludes halogenated alkanes) is 4. The average molecular weight is 492 g/mol.